The molecular formula is C13H22N4. The average molecular weight is 234 g/mol. The van der Waals surface area contributed by atoms with Crippen LogP contribution in [0, 0.1) is 0 Å². The maximum absolute atomic E-state index is 6.34. The molecule has 0 radical (unpaired) electrons. The highest BCUT2D eigenvalue weighted by atomic mass is 15.3. The highest BCUT2D eigenvalue weighted by Crippen LogP contribution is 2.24. The molecule has 3 rings (SSSR count). The molecule has 4 nitrogen and oxygen atoms in total. The smallest absolute Gasteiger partial charge is 0.122 e. The molecule has 2 unspecified atom stereocenters. The third-order valence-electron chi connectivity index (χ3n) is 4.27. The molecule has 2 atom stereocenters. The van der Waals surface area contributed by atoms with Crippen molar-refractivity contribution in [2.45, 2.75) is 57.3 Å². The Morgan fingerprint density at radius 3 is 3.00 bits per heavy atom. The van der Waals surface area contributed by atoms with Crippen molar-refractivity contribution in [2.24, 2.45) is 5.73 Å². The molecule has 0 spiro atoms. The van der Waals surface area contributed by atoms with Crippen molar-refractivity contribution in [1.82, 2.24) is 14.5 Å². The minimum atomic E-state index is 0.360. The number of imidazole rings is 1. The fourth-order valence-electron chi connectivity index (χ4n) is 3.25. The third kappa shape index (κ3) is 2.24. The van der Waals surface area contributed by atoms with E-state index in [-0.39, 0.29) is 0 Å². The van der Waals surface area contributed by atoms with Crippen LogP contribution in [0.4, 0.5) is 0 Å². The van der Waals surface area contributed by atoms with Gasteiger partial charge in [-0.3, -0.25) is 4.90 Å². The summed E-state index contributed by atoms with van der Waals surface area (Å²) in [6.45, 7) is 3.17. The Balaban J connectivity index is 1.72. The summed E-state index contributed by atoms with van der Waals surface area (Å²) in [6, 6.07) is 0.932. The normalized spacial score (nSPS) is 30.9. The van der Waals surface area contributed by atoms with Crippen molar-refractivity contribution >= 4 is 0 Å². The molecule has 0 amide bonds. The van der Waals surface area contributed by atoms with Crippen LogP contribution in [0.5, 0.6) is 0 Å². The molecule has 17 heavy (non-hydrogen) atoms. The third-order valence-corrected chi connectivity index (χ3v) is 4.27. The van der Waals surface area contributed by atoms with Crippen LogP contribution in [-0.4, -0.2) is 33.1 Å². The Labute approximate surface area is 103 Å². The van der Waals surface area contributed by atoms with Gasteiger partial charge in [-0.05, 0) is 12.8 Å². The van der Waals surface area contributed by atoms with E-state index in [1.165, 1.54) is 37.9 Å². The van der Waals surface area contributed by atoms with Crippen LogP contribution >= 0.6 is 0 Å². The van der Waals surface area contributed by atoms with E-state index >= 15 is 0 Å². The van der Waals surface area contributed by atoms with Crippen molar-refractivity contribution in [2.75, 3.05) is 6.54 Å². The van der Waals surface area contributed by atoms with Crippen molar-refractivity contribution in [3.05, 3.63) is 18.2 Å². The summed E-state index contributed by atoms with van der Waals surface area (Å²) in [6.07, 6.45) is 10.4. The van der Waals surface area contributed by atoms with Gasteiger partial charge in [-0.2, -0.15) is 0 Å². The molecule has 1 aliphatic carbocycles. The van der Waals surface area contributed by atoms with Gasteiger partial charge in [0.15, 0.2) is 0 Å². The van der Waals surface area contributed by atoms with Crippen LogP contribution in [0.25, 0.3) is 0 Å². The molecule has 0 saturated heterocycles. The summed E-state index contributed by atoms with van der Waals surface area (Å²) in [5.41, 5.74) is 6.34. The van der Waals surface area contributed by atoms with E-state index < -0.39 is 0 Å². The van der Waals surface area contributed by atoms with Crippen LogP contribution in [0.2, 0.25) is 0 Å². The number of hydrogen-bond donors (Lipinski definition) is 1. The van der Waals surface area contributed by atoms with Crippen LogP contribution in [-0.2, 0) is 13.1 Å². The van der Waals surface area contributed by atoms with Gasteiger partial charge in [0, 0.05) is 37.6 Å². The number of nitrogens with two attached hydrogens (primary N) is 1. The van der Waals surface area contributed by atoms with Gasteiger partial charge >= 0.3 is 0 Å². The second-order valence-corrected chi connectivity index (χ2v) is 5.38. The quantitative estimate of drug-likeness (QED) is 0.746. The SMILES string of the molecule is NC1CCCCCC1N1CCn2ccnc2C1. The fraction of sp³-hybridized carbons (Fsp3) is 0.769. The molecule has 0 aromatic carbocycles. The fourth-order valence-corrected chi connectivity index (χ4v) is 3.25. The molecule has 0 bridgehead atoms. The predicted molar refractivity (Wildman–Crippen MR) is 67.5 cm³/mol. The minimum Gasteiger partial charge on any atom is -0.333 e. The first-order valence-corrected chi connectivity index (χ1v) is 6.84. The van der Waals surface area contributed by atoms with Gasteiger partial charge in [-0.1, -0.05) is 19.3 Å². The topological polar surface area (TPSA) is 47.1 Å². The van der Waals surface area contributed by atoms with Gasteiger partial charge in [0.2, 0.25) is 0 Å². The lowest BCUT2D eigenvalue weighted by Gasteiger charge is -2.37. The second kappa shape index (κ2) is 4.78. The Kier molecular flexibility index (Phi) is 3.16. The highest BCUT2D eigenvalue weighted by Gasteiger charge is 2.29. The zero-order valence-corrected chi connectivity index (χ0v) is 10.4. The molecule has 94 valence electrons. The molecular weight excluding hydrogens is 212 g/mol. The lowest BCUT2D eigenvalue weighted by molar-refractivity contribution is 0.125. The molecule has 1 aromatic heterocycles. The maximum atomic E-state index is 6.34. The Morgan fingerprint density at radius 2 is 2.06 bits per heavy atom. The minimum absolute atomic E-state index is 0.360. The second-order valence-electron chi connectivity index (χ2n) is 5.38. The van der Waals surface area contributed by atoms with Crippen molar-refractivity contribution in [3.63, 3.8) is 0 Å². The Bertz CT molecular complexity index is 373. The van der Waals surface area contributed by atoms with E-state index in [1.807, 2.05) is 6.20 Å². The van der Waals surface area contributed by atoms with Gasteiger partial charge in [0.1, 0.15) is 5.82 Å². The highest BCUT2D eigenvalue weighted by molar-refractivity contribution is 4.98. The van der Waals surface area contributed by atoms with Crippen LogP contribution in [0.3, 0.4) is 0 Å². The average Bonchev–Trinajstić information content (AvgIpc) is 2.70. The summed E-state index contributed by atoms with van der Waals surface area (Å²) >= 11 is 0. The van der Waals surface area contributed by atoms with Gasteiger partial charge < -0.3 is 10.3 Å². The molecule has 2 N–H and O–H groups in total. The lowest BCUT2D eigenvalue weighted by atomic mass is 10.0. The number of aromatic nitrogens is 2. The zero-order valence-electron chi connectivity index (χ0n) is 10.4. The van der Waals surface area contributed by atoms with Crippen molar-refractivity contribution in [3.8, 4) is 0 Å². The van der Waals surface area contributed by atoms with E-state index in [0.717, 1.165) is 19.6 Å². The van der Waals surface area contributed by atoms with E-state index in [9.17, 15) is 0 Å². The Hall–Kier alpha value is -0.870. The number of nitrogens with zero attached hydrogens (tertiary/aromatic N) is 3. The molecule has 4 heteroatoms. The Morgan fingerprint density at radius 1 is 1.18 bits per heavy atom. The van der Waals surface area contributed by atoms with E-state index in [4.69, 9.17) is 5.73 Å². The van der Waals surface area contributed by atoms with E-state index in [2.05, 4.69) is 20.6 Å². The number of rotatable bonds is 1. The number of hydrogen-bond acceptors (Lipinski definition) is 3. The molecule has 2 aliphatic rings. The molecule has 1 saturated carbocycles. The standard InChI is InChI=1S/C13H22N4/c14-11-4-2-1-3-5-12(11)17-9-8-16-7-6-15-13(16)10-17/h6-7,11-12H,1-5,8-10,14H2. The first kappa shape index (κ1) is 11.2. The summed E-state index contributed by atoms with van der Waals surface area (Å²) in [7, 11) is 0. The zero-order chi connectivity index (χ0) is 11.7. The van der Waals surface area contributed by atoms with Gasteiger partial charge in [0.05, 0.1) is 6.54 Å². The summed E-state index contributed by atoms with van der Waals surface area (Å²) < 4.78 is 2.26. The van der Waals surface area contributed by atoms with Gasteiger partial charge in [0.25, 0.3) is 0 Å². The molecule has 1 aliphatic heterocycles. The summed E-state index contributed by atoms with van der Waals surface area (Å²) in [5, 5.41) is 0. The predicted octanol–water partition coefficient (Wildman–Crippen LogP) is 1.36. The maximum Gasteiger partial charge on any atom is 0.122 e. The largest absolute Gasteiger partial charge is 0.333 e. The first-order valence-electron chi connectivity index (χ1n) is 6.84. The van der Waals surface area contributed by atoms with Gasteiger partial charge in [-0.15, -0.1) is 0 Å². The van der Waals surface area contributed by atoms with E-state index in [1.54, 1.807) is 0 Å². The molecule has 1 aromatic rings. The lowest BCUT2D eigenvalue weighted by Crippen LogP contribution is -2.49. The summed E-state index contributed by atoms with van der Waals surface area (Å²) in [4.78, 5) is 6.98. The summed E-state index contributed by atoms with van der Waals surface area (Å²) in [5.74, 6) is 1.20. The number of fused-ring (bicyclic) bond motifs is 1. The molecule has 1 fully saturated rings. The first-order chi connectivity index (χ1) is 8.34. The van der Waals surface area contributed by atoms with E-state index in [0.29, 0.717) is 12.1 Å². The monoisotopic (exact) mass is 234 g/mol. The van der Waals surface area contributed by atoms with Crippen molar-refractivity contribution < 1.29 is 0 Å². The van der Waals surface area contributed by atoms with Crippen LogP contribution in [0.15, 0.2) is 12.4 Å². The van der Waals surface area contributed by atoms with Crippen LogP contribution < -0.4 is 5.73 Å². The molecule has 2 heterocycles. The van der Waals surface area contributed by atoms with Crippen molar-refractivity contribution in [1.29, 1.82) is 0 Å². The van der Waals surface area contributed by atoms with Crippen LogP contribution in [0.1, 0.15) is 37.9 Å². The van der Waals surface area contributed by atoms with Gasteiger partial charge in [-0.25, -0.2) is 4.98 Å².